The molecule has 0 unspecified atom stereocenters. The molecule has 0 aliphatic heterocycles. The molecule has 2 N–H and O–H groups in total. The average Bonchev–Trinajstić information content (AvgIpc) is 2.19. The van der Waals surface area contributed by atoms with Crippen molar-refractivity contribution in [3.05, 3.63) is 28.7 Å². The second-order valence-electron chi connectivity index (χ2n) is 3.07. The van der Waals surface area contributed by atoms with E-state index in [-0.39, 0.29) is 0 Å². The van der Waals surface area contributed by atoms with Crippen molar-refractivity contribution >= 4 is 37.6 Å². The Labute approximate surface area is 102 Å². The van der Waals surface area contributed by atoms with Crippen LogP contribution in [0.5, 0.6) is 0 Å². The number of halogens is 1. The Morgan fingerprint density at radius 3 is 2.38 bits per heavy atom. The summed E-state index contributed by atoms with van der Waals surface area (Å²) in [5.74, 6) is -1.57. The van der Waals surface area contributed by atoms with Gasteiger partial charge in [0.2, 0.25) is 10.0 Å². The zero-order valence-electron chi connectivity index (χ0n) is 8.18. The molecule has 0 saturated carbocycles. The fraction of sp³-hybridized carbons (Fsp3) is 0.222. The van der Waals surface area contributed by atoms with Crippen molar-refractivity contribution in [2.24, 2.45) is 0 Å². The van der Waals surface area contributed by atoms with Crippen LogP contribution in [0.15, 0.2) is 28.7 Å². The SMILES string of the molecule is O=C(O)CCS(=O)(=O)Nc1ccc(Br)cc1. The first-order valence-corrected chi connectivity index (χ1v) is 6.81. The molecule has 0 saturated heterocycles. The molecule has 1 aromatic carbocycles. The molecule has 0 spiro atoms. The number of carboxylic acids is 1. The molecule has 7 heteroatoms. The Morgan fingerprint density at radius 2 is 1.88 bits per heavy atom. The number of benzene rings is 1. The third-order valence-electron chi connectivity index (χ3n) is 1.70. The predicted octanol–water partition coefficient (Wildman–Crippen LogP) is 1.67. The largest absolute Gasteiger partial charge is 0.481 e. The first kappa shape index (κ1) is 13.0. The first-order chi connectivity index (χ1) is 7.39. The van der Waals surface area contributed by atoms with Crippen molar-refractivity contribution in [1.82, 2.24) is 0 Å². The van der Waals surface area contributed by atoms with Crippen LogP contribution in [-0.2, 0) is 14.8 Å². The van der Waals surface area contributed by atoms with Crippen molar-refractivity contribution in [3.63, 3.8) is 0 Å². The van der Waals surface area contributed by atoms with E-state index in [2.05, 4.69) is 20.7 Å². The average molecular weight is 308 g/mol. The fourth-order valence-corrected chi connectivity index (χ4v) is 2.28. The van der Waals surface area contributed by atoms with Crippen LogP contribution in [-0.4, -0.2) is 25.2 Å². The summed E-state index contributed by atoms with van der Waals surface area (Å²) in [5.41, 5.74) is 0.411. The van der Waals surface area contributed by atoms with Crippen molar-refractivity contribution in [3.8, 4) is 0 Å². The number of carboxylic acid groups (broad SMARTS) is 1. The van der Waals surface area contributed by atoms with E-state index < -0.39 is 28.2 Å². The molecule has 88 valence electrons. The maximum absolute atomic E-state index is 11.4. The van der Waals surface area contributed by atoms with E-state index in [1.807, 2.05) is 0 Å². The van der Waals surface area contributed by atoms with Gasteiger partial charge in [-0.3, -0.25) is 9.52 Å². The summed E-state index contributed by atoms with van der Waals surface area (Å²) in [4.78, 5) is 10.2. The lowest BCUT2D eigenvalue weighted by Gasteiger charge is -2.06. The summed E-state index contributed by atoms with van der Waals surface area (Å²) in [6, 6.07) is 6.55. The number of sulfonamides is 1. The summed E-state index contributed by atoms with van der Waals surface area (Å²) in [7, 11) is -3.59. The molecule has 0 fully saturated rings. The van der Waals surface area contributed by atoms with Gasteiger partial charge in [-0.15, -0.1) is 0 Å². The highest BCUT2D eigenvalue weighted by Gasteiger charge is 2.12. The van der Waals surface area contributed by atoms with Gasteiger partial charge in [-0.2, -0.15) is 0 Å². The lowest BCUT2D eigenvalue weighted by molar-refractivity contribution is -0.136. The number of nitrogens with one attached hydrogen (secondary N) is 1. The van der Waals surface area contributed by atoms with Gasteiger partial charge in [-0.1, -0.05) is 15.9 Å². The number of hydrogen-bond donors (Lipinski definition) is 2. The molecule has 0 heterocycles. The van der Waals surface area contributed by atoms with Gasteiger partial charge in [-0.05, 0) is 24.3 Å². The monoisotopic (exact) mass is 307 g/mol. The quantitative estimate of drug-likeness (QED) is 0.866. The van der Waals surface area contributed by atoms with Crippen LogP contribution in [0.4, 0.5) is 5.69 Å². The molecular weight excluding hydrogens is 298 g/mol. The first-order valence-electron chi connectivity index (χ1n) is 4.37. The van der Waals surface area contributed by atoms with Crippen molar-refractivity contribution in [1.29, 1.82) is 0 Å². The van der Waals surface area contributed by atoms with Gasteiger partial charge < -0.3 is 5.11 Å². The Balaban J connectivity index is 2.65. The Morgan fingerprint density at radius 1 is 1.31 bits per heavy atom. The normalized spacial score (nSPS) is 11.1. The molecular formula is C9H10BrNO4S. The van der Waals surface area contributed by atoms with Gasteiger partial charge in [0, 0.05) is 10.2 Å². The molecule has 0 atom stereocenters. The number of hydrogen-bond acceptors (Lipinski definition) is 3. The lowest BCUT2D eigenvalue weighted by Crippen LogP contribution is -2.18. The summed E-state index contributed by atoms with van der Waals surface area (Å²) in [6.07, 6.45) is -0.411. The Bertz CT molecular complexity index is 469. The lowest BCUT2D eigenvalue weighted by atomic mass is 10.3. The van der Waals surface area contributed by atoms with Crippen LogP contribution in [0, 0.1) is 0 Å². The van der Waals surface area contributed by atoms with E-state index in [0.717, 1.165) is 4.47 Å². The standard InChI is InChI=1S/C9H10BrNO4S/c10-7-1-3-8(4-2-7)11-16(14,15)6-5-9(12)13/h1-4,11H,5-6H2,(H,12,13). The van der Waals surface area contributed by atoms with Gasteiger partial charge in [-0.25, -0.2) is 8.42 Å². The number of rotatable bonds is 5. The van der Waals surface area contributed by atoms with E-state index in [0.29, 0.717) is 5.69 Å². The molecule has 1 aromatic rings. The number of aliphatic carboxylic acids is 1. The van der Waals surface area contributed by atoms with E-state index in [1.54, 1.807) is 24.3 Å². The van der Waals surface area contributed by atoms with Crippen LogP contribution in [0.2, 0.25) is 0 Å². The van der Waals surface area contributed by atoms with E-state index in [1.165, 1.54) is 0 Å². The Kier molecular flexibility index (Phi) is 4.31. The number of carbonyl (C=O) groups is 1. The van der Waals surface area contributed by atoms with Crippen LogP contribution in [0.3, 0.4) is 0 Å². The highest BCUT2D eigenvalue weighted by molar-refractivity contribution is 9.10. The Hall–Kier alpha value is -1.08. The van der Waals surface area contributed by atoms with Crippen LogP contribution in [0.25, 0.3) is 0 Å². The summed E-state index contributed by atoms with van der Waals surface area (Å²) >= 11 is 3.22. The third-order valence-corrected chi connectivity index (χ3v) is 3.52. The summed E-state index contributed by atoms with van der Waals surface area (Å²) < 4.78 is 25.9. The van der Waals surface area contributed by atoms with Crippen LogP contribution < -0.4 is 4.72 Å². The summed E-state index contributed by atoms with van der Waals surface area (Å²) in [5, 5.41) is 8.38. The highest BCUT2D eigenvalue weighted by atomic mass is 79.9. The molecule has 0 aromatic heterocycles. The minimum absolute atomic E-state index is 0.411. The van der Waals surface area contributed by atoms with Crippen molar-refractivity contribution in [2.75, 3.05) is 10.5 Å². The maximum atomic E-state index is 11.4. The fourth-order valence-electron chi connectivity index (χ4n) is 0.970. The smallest absolute Gasteiger partial charge is 0.304 e. The molecule has 0 amide bonds. The second-order valence-corrected chi connectivity index (χ2v) is 5.83. The number of anilines is 1. The molecule has 0 aliphatic rings. The third kappa shape index (κ3) is 4.63. The second kappa shape index (κ2) is 5.31. The minimum Gasteiger partial charge on any atom is -0.481 e. The predicted molar refractivity (Wildman–Crippen MR) is 63.8 cm³/mol. The molecule has 0 radical (unpaired) electrons. The van der Waals surface area contributed by atoms with E-state index in [9.17, 15) is 13.2 Å². The van der Waals surface area contributed by atoms with E-state index in [4.69, 9.17) is 5.11 Å². The van der Waals surface area contributed by atoms with Crippen LogP contribution in [0.1, 0.15) is 6.42 Å². The van der Waals surface area contributed by atoms with Gasteiger partial charge in [0.25, 0.3) is 0 Å². The van der Waals surface area contributed by atoms with Gasteiger partial charge >= 0.3 is 5.97 Å². The molecule has 0 aliphatic carbocycles. The topological polar surface area (TPSA) is 83.5 Å². The van der Waals surface area contributed by atoms with Gasteiger partial charge in [0.15, 0.2) is 0 Å². The molecule has 0 bridgehead atoms. The molecule has 1 rings (SSSR count). The maximum Gasteiger partial charge on any atom is 0.304 e. The van der Waals surface area contributed by atoms with Crippen LogP contribution >= 0.6 is 15.9 Å². The zero-order chi connectivity index (χ0) is 12.2. The van der Waals surface area contributed by atoms with Gasteiger partial charge in [0.1, 0.15) is 0 Å². The summed E-state index contributed by atoms with van der Waals surface area (Å²) in [6.45, 7) is 0. The minimum atomic E-state index is -3.59. The molecule has 16 heavy (non-hydrogen) atoms. The van der Waals surface area contributed by atoms with Crippen molar-refractivity contribution < 1.29 is 18.3 Å². The zero-order valence-corrected chi connectivity index (χ0v) is 10.6. The highest BCUT2D eigenvalue weighted by Crippen LogP contribution is 2.15. The van der Waals surface area contributed by atoms with Crippen molar-refractivity contribution in [2.45, 2.75) is 6.42 Å². The van der Waals surface area contributed by atoms with Gasteiger partial charge in [0.05, 0.1) is 12.2 Å². The molecule has 5 nitrogen and oxygen atoms in total. The van der Waals surface area contributed by atoms with E-state index >= 15 is 0 Å².